The molecule has 0 aromatic carbocycles. The molecule has 1 aliphatic rings. The molecule has 2 amide bonds. The van der Waals surface area contributed by atoms with E-state index in [1.54, 1.807) is 16.7 Å². The Labute approximate surface area is 119 Å². The van der Waals surface area contributed by atoms with E-state index in [1.165, 1.54) is 0 Å². The minimum atomic E-state index is -0.783. The maximum Gasteiger partial charge on any atom is 0.317 e. The predicted molar refractivity (Wildman–Crippen MR) is 77.6 cm³/mol. The van der Waals surface area contributed by atoms with Gasteiger partial charge in [0.1, 0.15) is 0 Å². The summed E-state index contributed by atoms with van der Waals surface area (Å²) in [5.41, 5.74) is -0.755. The number of carbonyl (C=O) groups is 2. The minimum absolute atomic E-state index is 0.125. The molecule has 1 heterocycles. The Bertz CT molecular complexity index is 325. The summed E-state index contributed by atoms with van der Waals surface area (Å²) in [5.74, 6) is 0.240. The van der Waals surface area contributed by atoms with Gasteiger partial charge in [-0.3, -0.25) is 4.79 Å². The SMILES string of the molecule is CCC1(C(=O)O)CCCN(C(=O)NCCCSC)C1. The molecule has 0 spiro atoms. The van der Waals surface area contributed by atoms with Crippen molar-refractivity contribution in [3.63, 3.8) is 0 Å². The third-order valence-corrected chi connectivity index (χ3v) is 4.49. The molecule has 0 aromatic heterocycles. The highest BCUT2D eigenvalue weighted by Gasteiger charge is 2.42. The standard InChI is InChI=1S/C13H24N2O3S/c1-3-13(11(16)17)6-4-8-15(10-13)12(18)14-7-5-9-19-2/h3-10H2,1-2H3,(H,14,18)(H,16,17). The highest BCUT2D eigenvalue weighted by atomic mass is 32.2. The van der Waals surface area contributed by atoms with Crippen molar-refractivity contribution < 1.29 is 14.7 Å². The number of nitrogens with one attached hydrogen (secondary N) is 1. The van der Waals surface area contributed by atoms with Crippen LogP contribution in [0.3, 0.4) is 0 Å². The van der Waals surface area contributed by atoms with Gasteiger partial charge in [0.25, 0.3) is 0 Å². The lowest BCUT2D eigenvalue weighted by Crippen LogP contribution is -2.52. The van der Waals surface area contributed by atoms with Crippen LogP contribution in [-0.2, 0) is 4.79 Å². The first-order valence-electron chi connectivity index (χ1n) is 6.81. The van der Waals surface area contributed by atoms with E-state index in [9.17, 15) is 14.7 Å². The van der Waals surface area contributed by atoms with Crippen LogP contribution in [0.5, 0.6) is 0 Å². The second kappa shape index (κ2) is 7.62. The Morgan fingerprint density at radius 3 is 2.79 bits per heavy atom. The molecule has 1 rings (SSSR count). The van der Waals surface area contributed by atoms with Gasteiger partial charge in [-0.15, -0.1) is 0 Å². The molecule has 2 N–H and O–H groups in total. The lowest BCUT2D eigenvalue weighted by atomic mass is 9.78. The molecule has 0 radical (unpaired) electrons. The van der Waals surface area contributed by atoms with Crippen LogP contribution in [-0.4, -0.2) is 53.6 Å². The molecule has 0 aromatic rings. The average molecular weight is 288 g/mol. The fraction of sp³-hybridized carbons (Fsp3) is 0.846. The minimum Gasteiger partial charge on any atom is -0.481 e. The Kier molecular flexibility index (Phi) is 6.48. The summed E-state index contributed by atoms with van der Waals surface area (Å²) in [4.78, 5) is 25.1. The van der Waals surface area contributed by atoms with Crippen LogP contribution in [0.2, 0.25) is 0 Å². The molecule has 1 unspecified atom stereocenters. The van der Waals surface area contributed by atoms with Gasteiger partial charge in [-0.25, -0.2) is 4.79 Å². The van der Waals surface area contributed by atoms with Crippen molar-refractivity contribution in [2.45, 2.75) is 32.6 Å². The fourth-order valence-electron chi connectivity index (χ4n) is 2.44. The van der Waals surface area contributed by atoms with Crippen molar-refractivity contribution >= 4 is 23.8 Å². The van der Waals surface area contributed by atoms with Gasteiger partial charge in [0.2, 0.25) is 0 Å². The van der Waals surface area contributed by atoms with Gasteiger partial charge in [0, 0.05) is 19.6 Å². The van der Waals surface area contributed by atoms with Gasteiger partial charge in [-0.05, 0) is 37.7 Å². The van der Waals surface area contributed by atoms with E-state index in [1.807, 2.05) is 13.2 Å². The summed E-state index contributed by atoms with van der Waals surface area (Å²) in [7, 11) is 0. The van der Waals surface area contributed by atoms with Gasteiger partial charge < -0.3 is 15.3 Å². The van der Waals surface area contributed by atoms with Crippen LogP contribution < -0.4 is 5.32 Å². The molecule has 110 valence electrons. The highest BCUT2D eigenvalue weighted by Crippen LogP contribution is 2.33. The van der Waals surface area contributed by atoms with Gasteiger partial charge >= 0.3 is 12.0 Å². The zero-order chi connectivity index (χ0) is 14.3. The number of likely N-dealkylation sites (tertiary alicyclic amines) is 1. The van der Waals surface area contributed by atoms with Crippen molar-refractivity contribution in [3.05, 3.63) is 0 Å². The van der Waals surface area contributed by atoms with E-state index in [-0.39, 0.29) is 6.03 Å². The van der Waals surface area contributed by atoms with E-state index in [2.05, 4.69) is 5.32 Å². The van der Waals surface area contributed by atoms with Crippen LogP contribution in [0.1, 0.15) is 32.6 Å². The summed E-state index contributed by atoms with van der Waals surface area (Å²) in [5, 5.41) is 12.2. The van der Waals surface area contributed by atoms with Crippen LogP contribution in [0.25, 0.3) is 0 Å². The predicted octanol–water partition coefficient (Wildman–Crippen LogP) is 2.03. The Balaban J connectivity index is 2.49. The van der Waals surface area contributed by atoms with Gasteiger partial charge in [-0.2, -0.15) is 11.8 Å². The first-order chi connectivity index (χ1) is 9.05. The first-order valence-corrected chi connectivity index (χ1v) is 8.20. The summed E-state index contributed by atoms with van der Waals surface area (Å²) >= 11 is 1.75. The van der Waals surface area contributed by atoms with Crippen molar-refractivity contribution in [1.29, 1.82) is 0 Å². The van der Waals surface area contributed by atoms with E-state index in [0.717, 1.165) is 18.6 Å². The van der Waals surface area contributed by atoms with Crippen molar-refractivity contribution in [1.82, 2.24) is 10.2 Å². The van der Waals surface area contributed by atoms with Crippen molar-refractivity contribution in [2.75, 3.05) is 31.6 Å². The topological polar surface area (TPSA) is 69.6 Å². The molecule has 1 atom stereocenters. The zero-order valence-corrected chi connectivity index (χ0v) is 12.6. The zero-order valence-electron chi connectivity index (χ0n) is 11.8. The maximum atomic E-state index is 12.0. The molecule has 0 saturated carbocycles. The summed E-state index contributed by atoms with van der Waals surface area (Å²) in [6.45, 7) is 3.52. The Hall–Kier alpha value is -0.910. The molecule has 19 heavy (non-hydrogen) atoms. The molecular weight excluding hydrogens is 264 g/mol. The molecule has 1 aliphatic heterocycles. The molecule has 5 nitrogen and oxygen atoms in total. The van der Waals surface area contributed by atoms with Crippen molar-refractivity contribution in [3.8, 4) is 0 Å². The number of carbonyl (C=O) groups excluding carboxylic acids is 1. The lowest BCUT2D eigenvalue weighted by molar-refractivity contribution is -0.152. The molecule has 1 fully saturated rings. The number of aliphatic carboxylic acids is 1. The lowest BCUT2D eigenvalue weighted by Gasteiger charge is -2.39. The third kappa shape index (κ3) is 4.30. The Morgan fingerprint density at radius 2 is 2.21 bits per heavy atom. The van der Waals surface area contributed by atoms with E-state index < -0.39 is 11.4 Å². The van der Waals surface area contributed by atoms with Gasteiger partial charge in [0.15, 0.2) is 0 Å². The number of nitrogens with zero attached hydrogens (tertiary/aromatic N) is 1. The number of hydrogen-bond acceptors (Lipinski definition) is 3. The molecular formula is C13H24N2O3S. The first kappa shape index (κ1) is 16.1. The van der Waals surface area contributed by atoms with Crippen LogP contribution in [0.4, 0.5) is 4.79 Å². The number of rotatable bonds is 6. The number of thioether (sulfide) groups is 1. The van der Waals surface area contributed by atoms with E-state index >= 15 is 0 Å². The van der Waals surface area contributed by atoms with Crippen molar-refractivity contribution in [2.24, 2.45) is 5.41 Å². The number of amides is 2. The molecule has 1 saturated heterocycles. The normalized spacial score (nSPS) is 23.2. The summed E-state index contributed by atoms with van der Waals surface area (Å²) in [6.07, 6.45) is 4.97. The smallest absolute Gasteiger partial charge is 0.317 e. The van der Waals surface area contributed by atoms with Crippen LogP contribution >= 0.6 is 11.8 Å². The second-order valence-corrected chi connectivity index (χ2v) is 6.03. The summed E-state index contributed by atoms with van der Waals surface area (Å²) < 4.78 is 0. The third-order valence-electron chi connectivity index (χ3n) is 3.80. The van der Waals surface area contributed by atoms with E-state index in [0.29, 0.717) is 32.5 Å². The number of hydrogen-bond donors (Lipinski definition) is 2. The largest absolute Gasteiger partial charge is 0.481 e. The number of carboxylic acids is 1. The summed E-state index contributed by atoms with van der Waals surface area (Å²) in [6, 6.07) is -0.125. The fourth-order valence-corrected chi connectivity index (χ4v) is 2.88. The average Bonchev–Trinajstić information content (AvgIpc) is 2.43. The van der Waals surface area contributed by atoms with E-state index in [4.69, 9.17) is 0 Å². The number of urea groups is 1. The van der Waals surface area contributed by atoms with Crippen LogP contribution in [0.15, 0.2) is 0 Å². The molecule has 0 aliphatic carbocycles. The molecule has 6 heteroatoms. The van der Waals surface area contributed by atoms with Gasteiger partial charge in [-0.1, -0.05) is 6.92 Å². The monoisotopic (exact) mass is 288 g/mol. The Morgan fingerprint density at radius 1 is 1.47 bits per heavy atom. The quantitative estimate of drug-likeness (QED) is 0.734. The van der Waals surface area contributed by atoms with Crippen LogP contribution in [0, 0.1) is 5.41 Å². The molecule has 0 bridgehead atoms. The second-order valence-electron chi connectivity index (χ2n) is 5.04. The van der Waals surface area contributed by atoms with Gasteiger partial charge in [0.05, 0.1) is 5.41 Å². The number of piperidine rings is 1. The maximum absolute atomic E-state index is 12.0. The highest BCUT2D eigenvalue weighted by molar-refractivity contribution is 7.98. The number of carboxylic acid groups (broad SMARTS) is 1.